The molecule has 0 unspecified atom stereocenters. The molecule has 1 aromatic rings. The van der Waals surface area contributed by atoms with Crippen LogP contribution < -0.4 is 5.32 Å². The van der Waals surface area contributed by atoms with Crippen LogP contribution >= 0.6 is 15.9 Å². The first-order valence-corrected chi connectivity index (χ1v) is 6.81. The van der Waals surface area contributed by atoms with E-state index in [1.165, 1.54) is 6.42 Å². The van der Waals surface area contributed by atoms with Crippen molar-refractivity contribution >= 4 is 21.7 Å². The molecule has 0 bridgehead atoms. The third-order valence-electron chi connectivity index (χ3n) is 2.40. The number of rotatable bonds is 6. The molecular formula is C12H20BrN3. The first-order chi connectivity index (χ1) is 7.72. The van der Waals surface area contributed by atoms with Crippen molar-refractivity contribution in [2.75, 3.05) is 11.9 Å². The molecule has 1 rings (SSSR count). The van der Waals surface area contributed by atoms with Crippen LogP contribution in [0.25, 0.3) is 0 Å². The summed E-state index contributed by atoms with van der Waals surface area (Å²) in [4.78, 5) is 9.11. The van der Waals surface area contributed by atoms with Crippen LogP contribution in [-0.2, 0) is 12.8 Å². The van der Waals surface area contributed by atoms with Crippen LogP contribution in [0.1, 0.15) is 45.1 Å². The fourth-order valence-electron chi connectivity index (χ4n) is 1.51. The standard InChI is InChI=1S/C12H20BrN3/c1-4-7-8-10-15-9(5-2)11(13)12(16-10)14-6-3/h4-8H2,1-3H3,(H,14,15,16). The van der Waals surface area contributed by atoms with Gasteiger partial charge in [-0.05, 0) is 35.7 Å². The number of nitrogens with zero attached hydrogens (tertiary/aromatic N) is 2. The molecule has 0 atom stereocenters. The van der Waals surface area contributed by atoms with Crippen LogP contribution in [0, 0.1) is 0 Å². The van der Waals surface area contributed by atoms with Crippen LogP contribution in [0.15, 0.2) is 4.47 Å². The lowest BCUT2D eigenvalue weighted by atomic mass is 10.2. The SMILES string of the molecule is CCCCc1nc(CC)c(Br)c(NCC)n1. The Labute approximate surface area is 106 Å². The number of hydrogen-bond donors (Lipinski definition) is 1. The van der Waals surface area contributed by atoms with Gasteiger partial charge in [-0.3, -0.25) is 0 Å². The van der Waals surface area contributed by atoms with Crippen LogP contribution in [0.4, 0.5) is 5.82 Å². The molecule has 0 saturated heterocycles. The van der Waals surface area contributed by atoms with Gasteiger partial charge in [-0.15, -0.1) is 0 Å². The van der Waals surface area contributed by atoms with Gasteiger partial charge in [0.15, 0.2) is 0 Å². The van der Waals surface area contributed by atoms with E-state index in [1.807, 2.05) is 0 Å². The van der Waals surface area contributed by atoms with Crippen molar-refractivity contribution in [2.24, 2.45) is 0 Å². The highest BCUT2D eigenvalue weighted by Crippen LogP contribution is 2.24. The summed E-state index contributed by atoms with van der Waals surface area (Å²) in [5, 5.41) is 3.27. The van der Waals surface area contributed by atoms with Gasteiger partial charge in [0.25, 0.3) is 0 Å². The maximum absolute atomic E-state index is 4.57. The minimum atomic E-state index is 0.881. The first-order valence-electron chi connectivity index (χ1n) is 6.02. The Morgan fingerprint density at radius 3 is 2.50 bits per heavy atom. The molecule has 0 aliphatic rings. The zero-order valence-electron chi connectivity index (χ0n) is 10.3. The zero-order chi connectivity index (χ0) is 12.0. The number of nitrogens with one attached hydrogen (secondary N) is 1. The van der Waals surface area contributed by atoms with E-state index in [-0.39, 0.29) is 0 Å². The van der Waals surface area contributed by atoms with Gasteiger partial charge >= 0.3 is 0 Å². The Balaban J connectivity index is 2.97. The quantitative estimate of drug-likeness (QED) is 0.868. The largest absolute Gasteiger partial charge is 0.369 e. The van der Waals surface area contributed by atoms with Crippen molar-refractivity contribution in [3.8, 4) is 0 Å². The fraction of sp³-hybridized carbons (Fsp3) is 0.667. The molecule has 1 heterocycles. The molecule has 16 heavy (non-hydrogen) atoms. The topological polar surface area (TPSA) is 37.8 Å². The Morgan fingerprint density at radius 1 is 1.19 bits per heavy atom. The van der Waals surface area contributed by atoms with Crippen molar-refractivity contribution in [3.63, 3.8) is 0 Å². The molecule has 0 amide bonds. The molecule has 0 spiro atoms. The van der Waals surface area contributed by atoms with Gasteiger partial charge in [-0.25, -0.2) is 9.97 Å². The summed E-state index contributed by atoms with van der Waals surface area (Å²) in [6.07, 6.45) is 4.23. The number of aryl methyl sites for hydroxylation is 2. The van der Waals surface area contributed by atoms with Crippen molar-refractivity contribution in [1.82, 2.24) is 9.97 Å². The molecule has 0 aromatic carbocycles. The third-order valence-corrected chi connectivity index (χ3v) is 3.23. The lowest BCUT2D eigenvalue weighted by molar-refractivity contribution is 0.742. The van der Waals surface area contributed by atoms with Gasteiger partial charge in [0, 0.05) is 13.0 Å². The average molecular weight is 286 g/mol. The molecule has 0 fully saturated rings. The second kappa shape index (κ2) is 6.84. The average Bonchev–Trinajstić information content (AvgIpc) is 2.30. The third kappa shape index (κ3) is 3.44. The summed E-state index contributed by atoms with van der Waals surface area (Å²) in [6, 6.07) is 0. The van der Waals surface area contributed by atoms with Crippen LogP contribution in [0.3, 0.4) is 0 Å². The molecule has 0 saturated carbocycles. The Bertz CT molecular complexity index is 339. The molecule has 3 nitrogen and oxygen atoms in total. The van der Waals surface area contributed by atoms with Crippen LogP contribution in [0.5, 0.6) is 0 Å². The highest BCUT2D eigenvalue weighted by molar-refractivity contribution is 9.10. The van der Waals surface area contributed by atoms with Crippen molar-refractivity contribution in [1.29, 1.82) is 0 Å². The predicted molar refractivity (Wildman–Crippen MR) is 71.9 cm³/mol. The Morgan fingerprint density at radius 2 is 1.94 bits per heavy atom. The Kier molecular flexibility index (Phi) is 5.74. The maximum Gasteiger partial charge on any atom is 0.144 e. The molecule has 0 radical (unpaired) electrons. The van der Waals surface area contributed by atoms with E-state index >= 15 is 0 Å². The molecule has 1 N–H and O–H groups in total. The molecule has 1 aromatic heterocycles. The molecule has 0 aliphatic heterocycles. The Hall–Kier alpha value is -0.640. The van der Waals surface area contributed by atoms with E-state index in [2.05, 4.69) is 52.0 Å². The van der Waals surface area contributed by atoms with Crippen molar-refractivity contribution < 1.29 is 0 Å². The second-order valence-electron chi connectivity index (χ2n) is 3.74. The predicted octanol–water partition coefficient (Wildman–Crippen LogP) is 3.58. The lowest BCUT2D eigenvalue weighted by Crippen LogP contribution is -2.07. The van der Waals surface area contributed by atoms with E-state index in [9.17, 15) is 0 Å². The molecule has 0 aliphatic carbocycles. The first kappa shape index (κ1) is 13.4. The van der Waals surface area contributed by atoms with Crippen molar-refractivity contribution in [2.45, 2.75) is 46.5 Å². The van der Waals surface area contributed by atoms with Gasteiger partial charge in [0.05, 0.1) is 10.2 Å². The maximum atomic E-state index is 4.57. The summed E-state index contributed by atoms with van der Waals surface area (Å²) in [7, 11) is 0. The minimum absolute atomic E-state index is 0.881. The summed E-state index contributed by atoms with van der Waals surface area (Å²) >= 11 is 3.56. The number of unbranched alkanes of at least 4 members (excludes halogenated alkanes) is 1. The number of hydrogen-bond acceptors (Lipinski definition) is 3. The lowest BCUT2D eigenvalue weighted by Gasteiger charge is -2.10. The molecular weight excluding hydrogens is 266 g/mol. The smallest absolute Gasteiger partial charge is 0.144 e. The van der Waals surface area contributed by atoms with Gasteiger partial charge in [-0.1, -0.05) is 20.3 Å². The van der Waals surface area contributed by atoms with E-state index in [0.717, 1.165) is 47.6 Å². The van der Waals surface area contributed by atoms with Gasteiger partial charge in [-0.2, -0.15) is 0 Å². The highest BCUT2D eigenvalue weighted by atomic mass is 79.9. The summed E-state index contributed by atoms with van der Waals surface area (Å²) in [5.41, 5.74) is 1.09. The summed E-state index contributed by atoms with van der Waals surface area (Å²) in [6.45, 7) is 7.26. The minimum Gasteiger partial charge on any atom is -0.369 e. The molecule has 4 heteroatoms. The van der Waals surface area contributed by atoms with E-state index in [0.29, 0.717) is 0 Å². The fourth-order valence-corrected chi connectivity index (χ4v) is 2.11. The zero-order valence-corrected chi connectivity index (χ0v) is 11.9. The molecule has 90 valence electrons. The highest BCUT2D eigenvalue weighted by Gasteiger charge is 2.09. The van der Waals surface area contributed by atoms with Crippen molar-refractivity contribution in [3.05, 3.63) is 16.0 Å². The monoisotopic (exact) mass is 285 g/mol. The summed E-state index contributed by atoms with van der Waals surface area (Å²) < 4.78 is 1.01. The van der Waals surface area contributed by atoms with E-state index in [1.54, 1.807) is 0 Å². The number of aromatic nitrogens is 2. The second-order valence-corrected chi connectivity index (χ2v) is 4.53. The normalized spacial score (nSPS) is 10.5. The van der Waals surface area contributed by atoms with Gasteiger partial charge in [0.1, 0.15) is 11.6 Å². The van der Waals surface area contributed by atoms with Gasteiger partial charge in [0.2, 0.25) is 0 Å². The van der Waals surface area contributed by atoms with Gasteiger partial charge < -0.3 is 5.32 Å². The van der Waals surface area contributed by atoms with E-state index in [4.69, 9.17) is 0 Å². The van der Waals surface area contributed by atoms with E-state index < -0.39 is 0 Å². The van der Waals surface area contributed by atoms with Crippen LogP contribution in [0.2, 0.25) is 0 Å². The summed E-state index contributed by atoms with van der Waals surface area (Å²) in [5.74, 6) is 1.89. The number of halogens is 1. The van der Waals surface area contributed by atoms with Crippen LogP contribution in [-0.4, -0.2) is 16.5 Å². The number of anilines is 1.